The van der Waals surface area contributed by atoms with Crippen molar-refractivity contribution in [1.29, 1.82) is 0 Å². The molecule has 266 valence electrons. The second kappa shape index (κ2) is 16.7. The average molecular weight is 697 g/mol. The van der Waals surface area contributed by atoms with Crippen LogP contribution in [-0.4, -0.2) is 42.1 Å². The number of aliphatic imine (C=N–C) groups is 3. The van der Waals surface area contributed by atoms with Crippen LogP contribution in [0.4, 0.5) is 0 Å². The molecule has 0 atom stereocenters. The molecule has 0 radical (unpaired) electrons. The summed E-state index contributed by atoms with van der Waals surface area (Å²) in [6.45, 7) is 11.4. The molecule has 5 aliphatic rings. The van der Waals surface area contributed by atoms with E-state index in [0.29, 0.717) is 6.42 Å². The van der Waals surface area contributed by atoms with Crippen LogP contribution in [-0.2, 0) is 0 Å². The lowest BCUT2D eigenvalue weighted by atomic mass is 10.00. The molecular weight excluding hydrogens is 641 g/mol. The zero-order valence-electron chi connectivity index (χ0n) is 31.8. The molecule has 6 nitrogen and oxygen atoms in total. The van der Waals surface area contributed by atoms with Gasteiger partial charge in [-0.15, -0.1) is 11.5 Å². The smallest absolute Gasteiger partial charge is 0.129 e. The van der Waals surface area contributed by atoms with Gasteiger partial charge < -0.3 is 15.2 Å². The van der Waals surface area contributed by atoms with E-state index < -0.39 is 8.07 Å². The summed E-state index contributed by atoms with van der Waals surface area (Å²) in [6, 6.07) is 4.45. The molecule has 0 aliphatic carbocycles. The van der Waals surface area contributed by atoms with E-state index in [9.17, 15) is 0 Å². The lowest BCUT2D eigenvalue weighted by Gasteiger charge is -2.17. The minimum absolute atomic E-state index is 0.632. The Morgan fingerprint density at radius 3 is 1.82 bits per heavy atom. The second-order valence-electron chi connectivity index (χ2n) is 15.2. The van der Waals surface area contributed by atoms with Gasteiger partial charge in [-0.1, -0.05) is 84.9 Å². The van der Waals surface area contributed by atoms with Crippen molar-refractivity contribution in [3.63, 3.8) is 0 Å². The van der Waals surface area contributed by atoms with Crippen LogP contribution in [0.2, 0.25) is 19.6 Å². The highest BCUT2D eigenvalue weighted by Crippen LogP contribution is 2.36. The molecule has 5 aliphatic heterocycles. The van der Waals surface area contributed by atoms with Crippen molar-refractivity contribution in [3.8, 4) is 11.5 Å². The fourth-order valence-corrected chi connectivity index (χ4v) is 7.75. The van der Waals surface area contributed by atoms with Crippen LogP contribution in [0.5, 0.6) is 0 Å². The topological polar surface area (TPSA) is 68.1 Å². The zero-order valence-corrected chi connectivity index (χ0v) is 32.8. The maximum absolute atomic E-state index is 5.38. The van der Waals surface area contributed by atoms with Gasteiger partial charge in [-0.3, -0.25) is 0 Å². The summed E-state index contributed by atoms with van der Waals surface area (Å²) in [7, 11) is 0.539. The summed E-state index contributed by atoms with van der Waals surface area (Å²) < 4.78 is 0. The number of fused-ring (bicyclic) bond motifs is 5. The van der Waals surface area contributed by atoms with Crippen LogP contribution < -0.4 is 5.32 Å². The number of nitrogens with zero attached hydrogens (tertiary/aromatic N) is 4. The number of aromatic nitrogens is 1. The molecule has 1 aromatic rings. The largest absolute Gasteiger partial charge is 0.355 e. The Bertz CT molecular complexity index is 1910. The second-order valence-corrected chi connectivity index (χ2v) is 20.0. The Morgan fingerprint density at radius 2 is 1.20 bits per heavy atom. The van der Waals surface area contributed by atoms with Crippen molar-refractivity contribution in [2.24, 2.45) is 15.0 Å². The lowest BCUT2D eigenvalue weighted by Crippen LogP contribution is -2.19. The van der Waals surface area contributed by atoms with Gasteiger partial charge in [0.25, 0.3) is 0 Å². The molecule has 0 saturated carbocycles. The molecule has 0 fully saturated rings. The fourth-order valence-electron chi connectivity index (χ4n) is 7.13. The van der Waals surface area contributed by atoms with Gasteiger partial charge in [-0.05, 0) is 74.3 Å². The molecule has 8 bridgehead atoms. The maximum atomic E-state index is 5.38. The first-order valence-corrected chi connectivity index (χ1v) is 22.9. The van der Waals surface area contributed by atoms with Crippen molar-refractivity contribution < 1.29 is 0 Å². The lowest BCUT2D eigenvalue weighted by molar-refractivity contribution is 0.574. The van der Waals surface area contributed by atoms with Crippen molar-refractivity contribution in [2.45, 2.75) is 117 Å². The highest BCUT2D eigenvalue weighted by Gasteiger charge is 2.26. The number of nitrogens with one attached hydrogen (secondary N) is 2. The van der Waals surface area contributed by atoms with Gasteiger partial charge in [0.2, 0.25) is 0 Å². The Kier molecular flexibility index (Phi) is 11.9. The number of rotatable bonds is 13. The number of hydrogen-bond donors (Lipinski definition) is 2. The summed E-state index contributed by atoms with van der Waals surface area (Å²) in [5.74, 6) is 4.57. The third kappa shape index (κ3) is 8.91. The van der Waals surface area contributed by atoms with Gasteiger partial charge in [0.1, 0.15) is 13.9 Å². The quantitative estimate of drug-likeness (QED) is 0.122. The monoisotopic (exact) mass is 696 g/mol. The molecule has 0 unspecified atom stereocenters. The number of H-pyrrole nitrogens is 1. The van der Waals surface area contributed by atoms with Crippen LogP contribution in [0.25, 0.3) is 11.1 Å². The molecule has 2 N–H and O–H groups in total. The first-order chi connectivity index (χ1) is 24.8. The number of aromatic amines is 1. The van der Waals surface area contributed by atoms with Crippen molar-refractivity contribution in [1.82, 2.24) is 15.2 Å². The SMILES string of the molecule is CCCCCCCC1=C2C=CC(=N2)C(=C2NC=CN2C)c2ccc([nH]2)C(CCCCCCC)=C2C=CC(=N2)C(CC#C[Si](C)(C)C)=C2C=CC1=N2. The minimum atomic E-state index is -1.54. The van der Waals surface area contributed by atoms with Crippen LogP contribution in [0, 0.1) is 11.5 Å². The van der Waals surface area contributed by atoms with Gasteiger partial charge >= 0.3 is 0 Å². The molecule has 7 heteroatoms. The molecule has 0 spiro atoms. The summed E-state index contributed by atoms with van der Waals surface area (Å²) in [6.07, 6.45) is 32.0. The van der Waals surface area contributed by atoms with Gasteiger partial charge in [-0.2, -0.15) is 0 Å². The van der Waals surface area contributed by atoms with Crippen LogP contribution in [0.1, 0.15) is 109 Å². The average Bonchev–Trinajstić information content (AvgIpc) is 3.95. The summed E-state index contributed by atoms with van der Waals surface area (Å²) in [5, 5.41) is 3.50. The standard InChI is InChI=1S/C44H56N6Si/c1-7-9-11-13-15-18-32-35-21-23-37(46-35)34(20-17-31-51(4,5)6)38-24-22-36(47-38)33(19-16-14-12-10-8-2)40-26-28-42(49-40)43(41-27-25-39(32)48-41)44-45-29-30-50(44)3/h21-30,45,48H,7-16,18-20H2,1-6H3. The van der Waals surface area contributed by atoms with E-state index >= 15 is 0 Å². The molecule has 6 heterocycles. The first-order valence-electron chi connectivity index (χ1n) is 19.4. The first kappa shape index (κ1) is 36.4. The minimum Gasteiger partial charge on any atom is -0.355 e. The molecule has 51 heavy (non-hydrogen) atoms. The Hall–Kier alpha value is -4.41. The third-order valence-electron chi connectivity index (χ3n) is 9.90. The third-order valence-corrected chi connectivity index (χ3v) is 10.8. The number of allylic oxidation sites excluding steroid dienone is 10. The van der Waals surface area contributed by atoms with Crippen molar-refractivity contribution in [2.75, 3.05) is 7.05 Å². The Morgan fingerprint density at radius 1 is 0.647 bits per heavy atom. The predicted molar refractivity (Wildman–Crippen MR) is 221 cm³/mol. The van der Waals surface area contributed by atoms with Gasteiger partial charge in [0, 0.05) is 48.3 Å². The molecule has 0 amide bonds. The Balaban J connectivity index is 1.52. The molecular formula is C44H56N6Si. The van der Waals surface area contributed by atoms with E-state index in [1.807, 2.05) is 6.20 Å². The van der Waals surface area contributed by atoms with Gasteiger partial charge in [-0.25, -0.2) is 15.0 Å². The predicted octanol–water partition coefficient (Wildman–Crippen LogP) is 10.9. The Labute approximate surface area is 307 Å². The van der Waals surface area contributed by atoms with E-state index in [1.54, 1.807) is 0 Å². The molecule has 0 saturated heterocycles. The fraction of sp³-hybridized carbons (Fsp3) is 0.432. The van der Waals surface area contributed by atoms with E-state index in [-0.39, 0.29) is 0 Å². The van der Waals surface area contributed by atoms with Gasteiger partial charge in [0.15, 0.2) is 0 Å². The van der Waals surface area contributed by atoms with Crippen LogP contribution >= 0.6 is 0 Å². The number of unbranched alkanes of at least 4 members (excludes halogenated alkanes) is 8. The van der Waals surface area contributed by atoms with Crippen LogP contribution in [0.15, 0.2) is 110 Å². The van der Waals surface area contributed by atoms with Crippen LogP contribution in [0.3, 0.4) is 0 Å². The maximum Gasteiger partial charge on any atom is 0.129 e. The summed E-state index contributed by atoms with van der Waals surface area (Å²) in [4.78, 5) is 22.1. The van der Waals surface area contributed by atoms with E-state index in [0.717, 1.165) is 88.3 Å². The van der Waals surface area contributed by atoms with Gasteiger partial charge in [0.05, 0.1) is 45.5 Å². The number of hydrogen-bond acceptors (Lipinski definition) is 5. The molecule has 6 rings (SSSR count). The van der Waals surface area contributed by atoms with E-state index in [4.69, 9.17) is 15.0 Å². The van der Waals surface area contributed by atoms with E-state index in [2.05, 4.69) is 122 Å². The van der Waals surface area contributed by atoms with E-state index in [1.165, 1.54) is 62.5 Å². The zero-order chi connectivity index (χ0) is 35.8. The normalized spacial score (nSPS) is 19.3. The van der Waals surface area contributed by atoms with Crippen molar-refractivity contribution in [3.05, 3.63) is 106 Å². The summed E-state index contributed by atoms with van der Waals surface area (Å²) in [5.41, 5.74) is 16.3. The molecule has 1 aromatic heterocycles. The summed E-state index contributed by atoms with van der Waals surface area (Å²) >= 11 is 0. The highest BCUT2D eigenvalue weighted by molar-refractivity contribution is 6.83. The molecule has 0 aromatic carbocycles. The van der Waals surface area contributed by atoms with Crippen molar-refractivity contribution >= 4 is 36.4 Å². The highest BCUT2D eigenvalue weighted by atomic mass is 28.3.